The number of allylic oxidation sites excluding steroid dienone is 23. The summed E-state index contributed by atoms with van der Waals surface area (Å²) in [5, 5.41) is 120. The van der Waals surface area contributed by atoms with Gasteiger partial charge in [-0.05, 0) is 103 Å². The molecular weight excluding hydrogens is 1180 g/mol. The zero-order valence-electron chi connectivity index (χ0n) is 55.0. The molecule has 19 nitrogen and oxygen atoms in total. The quantitative estimate of drug-likeness (QED) is 0.0200. The number of rotatable bonds is 49. The number of ether oxygens (including phenoxy) is 6. The highest BCUT2D eigenvalue weighted by Gasteiger charge is 2.53. The van der Waals surface area contributed by atoms with E-state index in [0.717, 1.165) is 135 Å². The van der Waals surface area contributed by atoms with E-state index in [1.807, 2.05) is 6.08 Å². The third-order valence-corrected chi connectivity index (χ3v) is 15.9. The van der Waals surface area contributed by atoms with Crippen molar-refractivity contribution in [1.82, 2.24) is 5.32 Å². The van der Waals surface area contributed by atoms with E-state index >= 15 is 0 Å². The van der Waals surface area contributed by atoms with E-state index in [1.54, 1.807) is 6.08 Å². The number of unbranched alkanes of at least 4 members (excludes halogenated alkanes) is 11. The molecular formula is C73H117NO18. The van der Waals surface area contributed by atoms with Crippen LogP contribution in [-0.2, 0) is 33.2 Å². The van der Waals surface area contributed by atoms with E-state index in [-0.39, 0.29) is 18.9 Å². The average Bonchev–Trinajstić information content (AvgIpc) is 0.830. The first-order chi connectivity index (χ1) is 44.8. The van der Waals surface area contributed by atoms with Crippen LogP contribution in [0.15, 0.2) is 146 Å². The molecule has 0 bridgehead atoms. The van der Waals surface area contributed by atoms with E-state index in [2.05, 4.69) is 153 Å². The molecule has 3 fully saturated rings. The van der Waals surface area contributed by atoms with Gasteiger partial charge in [0.1, 0.15) is 73.2 Å². The van der Waals surface area contributed by atoms with Crippen molar-refractivity contribution in [2.45, 2.75) is 279 Å². The van der Waals surface area contributed by atoms with Crippen LogP contribution in [-0.4, -0.2) is 193 Å². The van der Waals surface area contributed by atoms with Gasteiger partial charge >= 0.3 is 0 Å². The smallest absolute Gasteiger partial charge is 0.220 e. The molecule has 522 valence electrons. The van der Waals surface area contributed by atoms with Crippen LogP contribution in [0.1, 0.15) is 174 Å². The number of carbonyl (C=O) groups excluding carboxylic acids is 1. The standard InChI is InChI=1S/C73H117NO18/c1-3-5-7-9-11-13-14-15-16-17-18-19-20-21-22-23-24-25-26-27-28-29-30-31-32-33-34-35-36-37-38-39-40-41-42-43-45-47-49-51-61(79)74-56(57(78)50-48-46-44-12-10-8-6-4-2)55-87-71-67(85)64(82)69(59(53-76)89-71)92-73-68(86)65(83)70(60(54-77)90-73)91-72-66(84)63(81)62(80)58(52-75)88-72/h5,7,10-13,15-16,18-19,21-22,24-25,27-28,30-31,33-34,36-37,48,50,56-60,62-73,75-78,80-86H,3-4,6,8-9,14,17,20,23,26,29,32,35,38-47,49,51-55H2,1-2H3,(H,74,79)/b7-5-,12-10+,13-11-,16-15-,19-18-,22-21-,25-24-,28-27-,31-30-,34-33-,37-36-,50-48+. The Morgan fingerprint density at radius 3 is 1.22 bits per heavy atom. The zero-order chi connectivity index (χ0) is 66.8. The van der Waals surface area contributed by atoms with Crippen LogP contribution >= 0.6 is 0 Å². The molecule has 0 spiro atoms. The van der Waals surface area contributed by atoms with E-state index in [0.29, 0.717) is 12.8 Å². The van der Waals surface area contributed by atoms with Gasteiger partial charge < -0.3 is 89.9 Å². The van der Waals surface area contributed by atoms with Crippen LogP contribution in [0.5, 0.6) is 0 Å². The highest BCUT2D eigenvalue weighted by Crippen LogP contribution is 2.33. The molecule has 0 radical (unpaired) electrons. The highest BCUT2D eigenvalue weighted by atomic mass is 16.8. The third kappa shape index (κ3) is 34.4. The van der Waals surface area contributed by atoms with Crippen molar-refractivity contribution in [3.8, 4) is 0 Å². The maximum atomic E-state index is 13.3. The molecule has 3 heterocycles. The summed E-state index contributed by atoms with van der Waals surface area (Å²) in [6.45, 7) is 1.46. The Bertz CT molecular complexity index is 2240. The van der Waals surface area contributed by atoms with Crippen LogP contribution in [0.2, 0.25) is 0 Å². The van der Waals surface area contributed by atoms with E-state index in [4.69, 9.17) is 28.4 Å². The zero-order valence-corrected chi connectivity index (χ0v) is 55.0. The second-order valence-electron chi connectivity index (χ2n) is 23.5. The molecule has 92 heavy (non-hydrogen) atoms. The topological polar surface area (TPSA) is 307 Å². The van der Waals surface area contributed by atoms with Gasteiger partial charge in [-0.15, -0.1) is 0 Å². The maximum absolute atomic E-state index is 13.3. The molecule has 1 amide bonds. The molecule has 0 aromatic carbocycles. The van der Waals surface area contributed by atoms with Gasteiger partial charge in [-0.3, -0.25) is 4.79 Å². The van der Waals surface area contributed by atoms with Crippen molar-refractivity contribution < 1.29 is 89.4 Å². The summed E-state index contributed by atoms with van der Waals surface area (Å²) in [4.78, 5) is 13.3. The fraction of sp³-hybridized carbons (Fsp3) is 0.658. The molecule has 0 aromatic rings. The van der Waals surface area contributed by atoms with Crippen molar-refractivity contribution in [3.05, 3.63) is 146 Å². The minimum absolute atomic E-state index is 0.215. The molecule has 3 aliphatic rings. The monoisotopic (exact) mass is 1300 g/mol. The average molecular weight is 1300 g/mol. The van der Waals surface area contributed by atoms with Gasteiger partial charge in [0.05, 0.1) is 38.6 Å². The summed E-state index contributed by atoms with van der Waals surface area (Å²) in [6, 6.07) is -1.00. The lowest BCUT2D eigenvalue weighted by molar-refractivity contribution is -0.379. The Balaban J connectivity index is 1.31. The molecule has 0 aliphatic carbocycles. The Labute approximate surface area is 549 Å². The van der Waals surface area contributed by atoms with Gasteiger partial charge in [-0.1, -0.05) is 211 Å². The fourth-order valence-corrected chi connectivity index (χ4v) is 10.3. The minimum Gasteiger partial charge on any atom is -0.394 e. The van der Waals surface area contributed by atoms with Crippen LogP contribution in [0, 0.1) is 0 Å². The Kier molecular flexibility index (Phi) is 47.1. The minimum atomic E-state index is -1.99. The van der Waals surface area contributed by atoms with E-state index in [9.17, 15) is 61.0 Å². The van der Waals surface area contributed by atoms with Gasteiger partial charge in [0.25, 0.3) is 0 Å². The SMILES string of the molecule is CC/C=C\C/C=C\C/C=C\C/C=C\C/C=C\C/C=C\C/C=C\C/C=C\C/C=C\C/C=C\CCCCCCCCCCC(=O)NC(COC1OC(CO)C(OC2OC(CO)C(OC3OC(CO)C(O)C(O)C3O)C(O)C2O)C(O)C1O)C(O)/C=C/CC/C=C/CCCC. The fourth-order valence-electron chi connectivity index (χ4n) is 10.3. The molecule has 12 N–H and O–H groups in total. The predicted octanol–water partition coefficient (Wildman–Crippen LogP) is 8.76. The van der Waals surface area contributed by atoms with Crippen molar-refractivity contribution >= 4 is 5.91 Å². The lowest BCUT2D eigenvalue weighted by Gasteiger charge is -2.48. The Hall–Kier alpha value is -4.33. The summed E-state index contributed by atoms with van der Waals surface area (Å²) in [5.74, 6) is -0.306. The normalized spacial score (nSPS) is 28.6. The summed E-state index contributed by atoms with van der Waals surface area (Å²) >= 11 is 0. The molecule has 3 saturated heterocycles. The van der Waals surface area contributed by atoms with Gasteiger partial charge in [-0.25, -0.2) is 0 Å². The number of aliphatic hydroxyl groups is 11. The maximum Gasteiger partial charge on any atom is 0.220 e. The lowest BCUT2D eigenvalue weighted by Crippen LogP contribution is -2.66. The van der Waals surface area contributed by atoms with Crippen molar-refractivity contribution in [2.24, 2.45) is 0 Å². The summed E-state index contributed by atoms with van der Waals surface area (Å²) in [6.07, 6.45) is 48.8. The second kappa shape index (κ2) is 52.9. The number of aliphatic hydroxyl groups excluding tert-OH is 11. The molecule has 0 saturated carbocycles. The number of nitrogens with one attached hydrogen (secondary N) is 1. The number of amides is 1. The van der Waals surface area contributed by atoms with Gasteiger partial charge in [0, 0.05) is 6.42 Å². The van der Waals surface area contributed by atoms with Gasteiger partial charge in [0.15, 0.2) is 18.9 Å². The van der Waals surface area contributed by atoms with Crippen LogP contribution < -0.4 is 5.32 Å². The number of carbonyl (C=O) groups is 1. The lowest BCUT2D eigenvalue weighted by atomic mass is 9.96. The molecule has 3 rings (SSSR count). The highest BCUT2D eigenvalue weighted by molar-refractivity contribution is 5.76. The number of hydrogen-bond donors (Lipinski definition) is 12. The predicted molar refractivity (Wildman–Crippen MR) is 359 cm³/mol. The van der Waals surface area contributed by atoms with Crippen LogP contribution in [0.25, 0.3) is 0 Å². The van der Waals surface area contributed by atoms with Crippen molar-refractivity contribution in [3.63, 3.8) is 0 Å². The summed E-state index contributed by atoms with van der Waals surface area (Å²) in [5.41, 5.74) is 0. The first-order valence-corrected chi connectivity index (χ1v) is 34.1. The number of hydrogen-bond acceptors (Lipinski definition) is 18. The molecule has 19 heteroatoms. The summed E-state index contributed by atoms with van der Waals surface area (Å²) in [7, 11) is 0. The molecule has 17 unspecified atom stereocenters. The second-order valence-corrected chi connectivity index (χ2v) is 23.5. The molecule has 0 aromatic heterocycles. The van der Waals surface area contributed by atoms with Gasteiger partial charge in [-0.2, -0.15) is 0 Å². The van der Waals surface area contributed by atoms with Crippen molar-refractivity contribution in [2.75, 3.05) is 26.4 Å². The first kappa shape index (κ1) is 81.9. The van der Waals surface area contributed by atoms with Crippen molar-refractivity contribution in [1.29, 1.82) is 0 Å². The molecule has 17 atom stereocenters. The third-order valence-electron chi connectivity index (χ3n) is 15.9. The Morgan fingerprint density at radius 1 is 0.402 bits per heavy atom. The largest absolute Gasteiger partial charge is 0.394 e. The van der Waals surface area contributed by atoms with Crippen LogP contribution in [0.4, 0.5) is 0 Å². The van der Waals surface area contributed by atoms with Gasteiger partial charge in [0.2, 0.25) is 5.91 Å². The van der Waals surface area contributed by atoms with E-state index in [1.165, 1.54) is 6.42 Å². The summed E-state index contributed by atoms with van der Waals surface area (Å²) < 4.78 is 34.2. The van der Waals surface area contributed by atoms with E-state index < -0.39 is 124 Å². The Morgan fingerprint density at radius 2 is 0.761 bits per heavy atom. The molecule has 3 aliphatic heterocycles. The van der Waals surface area contributed by atoms with Crippen LogP contribution in [0.3, 0.4) is 0 Å². The first-order valence-electron chi connectivity index (χ1n) is 34.1.